The summed E-state index contributed by atoms with van der Waals surface area (Å²) in [4.78, 5) is 19.2. The molecule has 2 aromatic heterocycles. The van der Waals surface area contributed by atoms with Gasteiger partial charge in [-0.25, -0.2) is 13.9 Å². The summed E-state index contributed by atoms with van der Waals surface area (Å²) in [5.74, 6) is -0.378. The van der Waals surface area contributed by atoms with E-state index in [9.17, 15) is 9.18 Å². The molecule has 1 unspecified atom stereocenters. The van der Waals surface area contributed by atoms with Crippen molar-refractivity contribution >= 4 is 11.6 Å². The molecule has 0 bridgehead atoms. The monoisotopic (exact) mass is 352 g/mol. The highest BCUT2D eigenvalue weighted by atomic mass is 19.1. The van der Waals surface area contributed by atoms with Gasteiger partial charge >= 0.3 is 0 Å². The van der Waals surface area contributed by atoms with Crippen LogP contribution in [0.2, 0.25) is 0 Å². The summed E-state index contributed by atoms with van der Waals surface area (Å²) in [5.41, 5.74) is 3.08. The second kappa shape index (κ2) is 6.86. The molecule has 1 aliphatic rings. The van der Waals surface area contributed by atoms with Crippen LogP contribution in [-0.2, 0) is 11.2 Å². The number of benzene rings is 1. The highest BCUT2D eigenvalue weighted by Gasteiger charge is 2.30. The van der Waals surface area contributed by atoms with Crippen molar-refractivity contribution < 1.29 is 9.18 Å². The van der Waals surface area contributed by atoms with Crippen LogP contribution in [0.25, 0.3) is 5.65 Å². The van der Waals surface area contributed by atoms with E-state index in [0.717, 1.165) is 36.3 Å². The van der Waals surface area contributed by atoms with Crippen LogP contribution < -0.4 is 0 Å². The van der Waals surface area contributed by atoms with Gasteiger partial charge in [0.15, 0.2) is 5.65 Å². The van der Waals surface area contributed by atoms with Crippen LogP contribution in [0.3, 0.4) is 0 Å². The Bertz CT molecular complexity index is 952. The number of halogens is 1. The molecule has 1 fully saturated rings. The van der Waals surface area contributed by atoms with Crippen LogP contribution in [0.4, 0.5) is 4.39 Å². The predicted molar refractivity (Wildman–Crippen MR) is 96.1 cm³/mol. The number of hydrogen-bond donors (Lipinski definition) is 0. The number of hydrogen-bond acceptors (Lipinski definition) is 3. The van der Waals surface area contributed by atoms with E-state index in [0.29, 0.717) is 12.1 Å². The first-order valence-corrected chi connectivity index (χ1v) is 8.97. The normalized spacial score (nSPS) is 17.6. The van der Waals surface area contributed by atoms with Crippen molar-refractivity contribution in [1.29, 1.82) is 0 Å². The molecule has 3 aromatic rings. The molecule has 1 amide bonds. The molecule has 26 heavy (non-hydrogen) atoms. The van der Waals surface area contributed by atoms with Gasteiger partial charge in [0.2, 0.25) is 5.91 Å². The molecule has 0 N–H and O–H groups in total. The fraction of sp³-hybridized carbons (Fsp3) is 0.350. The summed E-state index contributed by atoms with van der Waals surface area (Å²) < 4.78 is 15.8. The van der Waals surface area contributed by atoms with E-state index in [-0.39, 0.29) is 24.2 Å². The summed E-state index contributed by atoms with van der Waals surface area (Å²) in [7, 11) is 0. The molecule has 1 aliphatic heterocycles. The summed E-state index contributed by atoms with van der Waals surface area (Å²) in [6.45, 7) is 2.61. The Morgan fingerprint density at radius 1 is 1.27 bits per heavy atom. The average Bonchev–Trinajstić information content (AvgIpc) is 3.03. The molecule has 0 spiro atoms. The predicted octanol–water partition coefficient (Wildman–Crippen LogP) is 3.47. The number of fused-ring (bicyclic) bond motifs is 1. The first-order valence-electron chi connectivity index (χ1n) is 8.97. The largest absolute Gasteiger partial charge is 0.334 e. The third-order valence-corrected chi connectivity index (χ3v) is 4.97. The third-order valence-electron chi connectivity index (χ3n) is 4.97. The van der Waals surface area contributed by atoms with Crippen LogP contribution >= 0.6 is 0 Å². The van der Waals surface area contributed by atoms with Gasteiger partial charge in [0.1, 0.15) is 5.82 Å². The molecule has 3 heterocycles. The van der Waals surface area contributed by atoms with Gasteiger partial charge < -0.3 is 4.90 Å². The van der Waals surface area contributed by atoms with Crippen LogP contribution in [0.1, 0.15) is 42.3 Å². The van der Waals surface area contributed by atoms with Crippen LogP contribution in [0.15, 0.2) is 42.6 Å². The summed E-state index contributed by atoms with van der Waals surface area (Å²) in [5, 5.41) is 4.54. The fourth-order valence-electron chi connectivity index (χ4n) is 3.72. The minimum atomic E-state index is -0.330. The molecule has 0 radical (unpaired) electrons. The number of carbonyl (C=O) groups is 1. The summed E-state index contributed by atoms with van der Waals surface area (Å²) in [6.07, 6.45) is 4.74. The molecule has 0 saturated carbocycles. The maximum Gasteiger partial charge on any atom is 0.227 e. The standard InChI is InChI=1S/C20H21FN4O/c1-14-12-19-22-10-9-18(25(19)23-14)17-8-4-5-11-24(17)20(26)13-15-6-2-3-7-16(15)21/h2-3,6-7,9-10,12,17H,4-5,8,11,13H2,1H3. The third kappa shape index (κ3) is 3.07. The zero-order valence-electron chi connectivity index (χ0n) is 14.7. The number of aryl methyl sites for hydroxylation is 1. The molecular formula is C20H21FN4O. The Labute approximate surface area is 151 Å². The Morgan fingerprint density at radius 2 is 2.12 bits per heavy atom. The lowest BCUT2D eigenvalue weighted by Crippen LogP contribution is -2.40. The van der Waals surface area contributed by atoms with Crippen LogP contribution in [0.5, 0.6) is 0 Å². The second-order valence-electron chi connectivity index (χ2n) is 6.79. The van der Waals surface area contributed by atoms with E-state index in [1.807, 2.05) is 28.5 Å². The lowest BCUT2D eigenvalue weighted by Gasteiger charge is -2.36. The number of piperidine rings is 1. The lowest BCUT2D eigenvalue weighted by molar-refractivity contribution is -0.134. The number of aromatic nitrogens is 3. The molecule has 1 atom stereocenters. The lowest BCUT2D eigenvalue weighted by atomic mass is 9.97. The van der Waals surface area contributed by atoms with Crippen molar-refractivity contribution in [2.75, 3.05) is 6.54 Å². The molecule has 6 heteroatoms. The highest BCUT2D eigenvalue weighted by Crippen LogP contribution is 2.31. The Hall–Kier alpha value is -2.76. The number of amides is 1. The van der Waals surface area contributed by atoms with Crippen LogP contribution in [0, 0.1) is 12.7 Å². The van der Waals surface area contributed by atoms with Gasteiger partial charge in [0, 0.05) is 18.8 Å². The Kier molecular flexibility index (Phi) is 4.41. The molecule has 0 aliphatic carbocycles. The minimum absolute atomic E-state index is 0.0476. The van der Waals surface area contributed by atoms with Crippen molar-refractivity contribution in [2.24, 2.45) is 0 Å². The maximum absolute atomic E-state index is 14.0. The number of carbonyl (C=O) groups excluding carboxylic acids is 1. The van der Waals surface area contributed by atoms with Gasteiger partial charge in [-0.3, -0.25) is 4.79 Å². The Balaban J connectivity index is 1.66. The first-order chi connectivity index (χ1) is 12.6. The topological polar surface area (TPSA) is 50.5 Å². The van der Waals surface area contributed by atoms with Gasteiger partial charge in [0.25, 0.3) is 0 Å². The molecule has 5 nitrogen and oxygen atoms in total. The van der Waals surface area contributed by atoms with E-state index < -0.39 is 0 Å². The molecular weight excluding hydrogens is 331 g/mol. The molecule has 134 valence electrons. The number of likely N-dealkylation sites (tertiary alicyclic amines) is 1. The minimum Gasteiger partial charge on any atom is -0.334 e. The fourth-order valence-corrected chi connectivity index (χ4v) is 3.72. The molecule has 1 aromatic carbocycles. The van der Waals surface area contributed by atoms with E-state index >= 15 is 0 Å². The summed E-state index contributed by atoms with van der Waals surface area (Å²) >= 11 is 0. The quantitative estimate of drug-likeness (QED) is 0.725. The maximum atomic E-state index is 14.0. The van der Waals surface area contributed by atoms with Gasteiger partial charge in [-0.05, 0) is 43.9 Å². The first kappa shape index (κ1) is 16.7. The smallest absolute Gasteiger partial charge is 0.227 e. The molecule has 1 saturated heterocycles. The van der Waals surface area contributed by atoms with Crippen molar-refractivity contribution in [1.82, 2.24) is 19.5 Å². The van der Waals surface area contributed by atoms with E-state index in [1.54, 1.807) is 24.4 Å². The number of nitrogens with zero attached hydrogens (tertiary/aromatic N) is 4. The van der Waals surface area contributed by atoms with Gasteiger partial charge in [-0.2, -0.15) is 5.10 Å². The van der Waals surface area contributed by atoms with E-state index in [4.69, 9.17) is 0 Å². The van der Waals surface area contributed by atoms with Crippen molar-refractivity contribution in [3.8, 4) is 0 Å². The zero-order valence-corrected chi connectivity index (χ0v) is 14.7. The molecule has 4 rings (SSSR count). The van der Waals surface area contributed by atoms with Crippen molar-refractivity contribution in [3.63, 3.8) is 0 Å². The second-order valence-corrected chi connectivity index (χ2v) is 6.79. The Morgan fingerprint density at radius 3 is 2.96 bits per heavy atom. The SMILES string of the molecule is Cc1cc2nccc(C3CCCCN3C(=O)Cc3ccccc3F)n2n1. The average molecular weight is 352 g/mol. The summed E-state index contributed by atoms with van der Waals surface area (Å²) in [6, 6.07) is 10.3. The highest BCUT2D eigenvalue weighted by molar-refractivity contribution is 5.79. The van der Waals surface area contributed by atoms with Gasteiger partial charge in [0.05, 0.1) is 23.9 Å². The van der Waals surface area contributed by atoms with E-state index in [1.165, 1.54) is 6.07 Å². The van der Waals surface area contributed by atoms with Crippen molar-refractivity contribution in [3.05, 3.63) is 65.4 Å². The van der Waals surface area contributed by atoms with E-state index in [2.05, 4.69) is 10.1 Å². The van der Waals surface area contributed by atoms with Gasteiger partial charge in [-0.1, -0.05) is 18.2 Å². The van der Waals surface area contributed by atoms with Crippen LogP contribution in [-0.4, -0.2) is 31.9 Å². The van der Waals surface area contributed by atoms with Crippen molar-refractivity contribution in [2.45, 2.75) is 38.6 Å². The number of rotatable bonds is 3. The zero-order chi connectivity index (χ0) is 18.1. The van der Waals surface area contributed by atoms with Gasteiger partial charge in [-0.15, -0.1) is 0 Å².